The van der Waals surface area contributed by atoms with Gasteiger partial charge in [-0.2, -0.15) is 0 Å². The molecule has 0 aliphatic rings. The maximum absolute atomic E-state index is 12.4. The molecule has 0 spiro atoms. The van der Waals surface area contributed by atoms with Crippen LogP contribution in [0.1, 0.15) is 23.9 Å². The van der Waals surface area contributed by atoms with Gasteiger partial charge in [-0.15, -0.1) is 0 Å². The third-order valence-electron chi connectivity index (χ3n) is 3.37. The van der Waals surface area contributed by atoms with E-state index in [1.165, 1.54) is 13.1 Å². The van der Waals surface area contributed by atoms with Gasteiger partial charge in [-0.1, -0.05) is 30.3 Å². The minimum atomic E-state index is -0.636. The van der Waals surface area contributed by atoms with Crippen LogP contribution in [0.4, 0.5) is 5.95 Å². The first kappa shape index (κ1) is 21.8. The quantitative estimate of drug-likeness (QED) is 0.320. The van der Waals surface area contributed by atoms with E-state index in [0.29, 0.717) is 5.95 Å². The van der Waals surface area contributed by atoms with E-state index in [9.17, 15) is 9.59 Å². The van der Waals surface area contributed by atoms with E-state index in [0.717, 1.165) is 17.0 Å². The van der Waals surface area contributed by atoms with E-state index in [-0.39, 0.29) is 17.5 Å². The first-order chi connectivity index (χ1) is 13.8. The molecule has 9 nitrogen and oxygen atoms in total. The summed E-state index contributed by atoms with van der Waals surface area (Å²) >= 11 is 5.16. The maximum Gasteiger partial charge on any atom is 0.287 e. The molecule has 0 unspecified atom stereocenters. The zero-order valence-corrected chi connectivity index (χ0v) is 17.1. The third kappa shape index (κ3) is 7.93. The maximum atomic E-state index is 12.4. The lowest BCUT2D eigenvalue weighted by Gasteiger charge is -2.14. The summed E-state index contributed by atoms with van der Waals surface area (Å²) in [4.78, 5) is 31.9. The smallest absolute Gasteiger partial charge is 0.287 e. The van der Waals surface area contributed by atoms with Gasteiger partial charge in [0.1, 0.15) is 12.3 Å². The van der Waals surface area contributed by atoms with Crippen LogP contribution in [-0.4, -0.2) is 27.0 Å². The molecule has 0 bridgehead atoms. The van der Waals surface area contributed by atoms with Crippen LogP contribution in [0.2, 0.25) is 0 Å². The molecule has 0 fully saturated rings. The lowest BCUT2D eigenvalue weighted by Crippen LogP contribution is -2.44. The standard InChI is InChI=1S/C19H22N6O3S/c1-12-9-13(2)22-18(21-12)20-10-16(17(27)25-24-14(3)26)23-19(29)28-11-15-7-5-4-6-8-15/h4-10H,11H2,1-3H3,(H,23,29)(H,24,26)(H,25,27)(H,20,21,22)/b16-10+. The number of carbonyl (C=O) groups excluding carboxylic acids is 2. The van der Waals surface area contributed by atoms with Crippen molar-refractivity contribution in [2.24, 2.45) is 0 Å². The molecular formula is C19H22N6O3S. The van der Waals surface area contributed by atoms with Crippen molar-refractivity contribution in [3.8, 4) is 0 Å². The third-order valence-corrected chi connectivity index (χ3v) is 3.59. The van der Waals surface area contributed by atoms with Crippen molar-refractivity contribution in [1.82, 2.24) is 26.1 Å². The van der Waals surface area contributed by atoms with Crippen LogP contribution >= 0.6 is 12.2 Å². The summed E-state index contributed by atoms with van der Waals surface area (Å²) in [6.45, 7) is 5.17. The number of hydrazine groups is 1. The molecule has 29 heavy (non-hydrogen) atoms. The average molecular weight is 414 g/mol. The van der Waals surface area contributed by atoms with Crippen molar-refractivity contribution in [2.75, 3.05) is 5.32 Å². The number of thiocarbonyl (C=S) groups is 1. The number of hydrogen-bond donors (Lipinski definition) is 4. The van der Waals surface area contributed by atoms with Crippen molar-refractivity contribution in [2.45, 2.75) is 27.4 Å². The molecule has 0 aliphatic carbocycles. The van der Waals surface area contributed by atoms with Crippen molar-refractivity contribution >= 4 is 35.2 Å². The van der Waals surface area contributed by atoms with Crippen LogP contribution in [0.25, 0.3) is 0 Å². The molecule has 1 aromatic heterocycles. The fourth-order valence-electron chi connectivity index (χ4n) is 2.17. The number of benzene rings is 1. The lowest BCUT2D eigenvalue weighted by atomic mass is 10.2. The van der Waals surface area contributed by atoms with Crippen LogP contribution in [0, 0.1) is 13.8 Å². The number of hydrogen-bond acceptors (Lipinski definition) is 7. The van der Waals surface area contributed by atoms with Crippen molar-refractivity contribution in [3.05, 3.63) is 65.2 Å². The number of nitrogens with one attached hydrogen (secondary N) is 4. The van der Waals surface area contributed by atoms with E-state index in [1.807, 2.05) is 50.2 Å². The summed E-state index contributed by atoms with van der Waals surface area (Å²) in [6, 6.07) is 11.3. The molecule has 152 valence electrons. The summed E-state index contributed by atoms with van der Waals surface area (Å²) in [5, 5.41) is 5.53. The topological polar surface area (TPSA) is 117 Å². The van der Waals surface area contributed by atoms with E-state index >= 15 is 0 Å². The Morgan fingerprint density at radius 3 is 2.38 bits per heavy atom. The lowest BCUT2D eigenvalue weighted by molar-refractivity contribution is -0.125. The van der Waals surface area contributed by atoms with Crippen molar-refractivity contribution in [1.29, 1.82) is 0 Å². The Labute approximate surface area is 173 Å². The van der Waals surface area contributed by atoms with Crippen LogP contribution in [-0.2, 0) is 20.9 Å². The van der Waals surface area contributed by atoms with Gasteiger partial charge < -0.3 is 15.4 Å². The van der Waals surface area contributed by atoms with Gasteiger partial charge in [0.15, 0.2) is 0 Å². The summed E-state index contributed by atoms with van der Waals surface area (Å²) in [5.74, 6) is -0.751. The number of amides is 2. The Balaban J connectivity index is 2.07. The van der Waals surface area contributed by atoms with Crippen molar-refractivity contribution in [3.63, 3.8) is 0 Å². The molecule has 0 saturated heterocycles. The first-order valence-electron chi connectivity index (χ1n) is 8.67. The molecule has 2 rings (SSSR count). The van der Waals surface area contributed by atoms with E-state index in [1.54, 1.807) is 0 Å². The highest BCUT2D eigenvalue weighted by atomic mass is 32.1. The Bertz CT molecular complexity index is 897. The molecule has 1 aromatic carbocycles. The SMILES string of the molecule is CC(=O)NNC(=O)/C(=C\Nc1nc(C)cc(C)n1)NC(=S)OCc1ccccc1. The Kier molecular flexibility index (Phi) is 8.04. The molecular weight excluding hydrogens is 392 g/mol. The number of carbonyl (C=O) groups is 2. The zero-order chi connectivity index (χ0) is 21.2. The predicted molar refractivity (Wildman–Crippen MR) is 112 cm³/mol. The number of aryl methyl sites for hydroxylation is 2. The summed E-state index contributed by atoms with van der Waals surface area (Å²) < 4.78 is 5.48. The largest absolute Gasteiger partial charge is 0.466 e. The molecule has 4 N–H and O–H groups in total. The second kappa shape index (κ2) is 10.7. The summed E-state index contributed by atoms with van der Waals surface area (Å²) in [7, 11) is 0. The van der Waals surface area contributed by atoms with Gasteiger partial charge in [0.25, 0.3) is 11.1 Å². The molecule has 2 aromatic rings. The van der Waals surface area contributed by atoms with Crippen LogP contribution < -0.4 is 21.5 Å². The number of rotatable bonds is 6. The normalized spacial score (nSPS) is 10.7. The fraction of sp³-hybridized carbons (Fsp3) is 0.211. The van der Waals surface area contributed by atoms with Gasteiger partial charge in [-0.25, -0.2) is 9.97 Å². The predicted octanol–water partition coefficient (Wildman–Crippen LogP) is 1.61. The second-order valence-electron chi connectivity index (χ2n) is 6.00. The summed E-state index contributed by atoms with van der Waals surface area (Å²) in [6.07, 6.45) is 1.34. The van der Waals surface area contributed by atoms with Crippen LogP contribution in [0.15, 0.2) is 48.3 Å². The summed E-state index contributed by atoms with van der Waals surface area (Å²) in [5.41, 5.74) is 6.93. The van der Waals surface area contributed by atoms with Gasteiger partial charge in [0.05, 0.1) is 0 Å². The van der Waals surface area contributed by atoms with Gasteiger partial charge in [-0.3, -0.25) is 20.4 Å². The van der Waals surface area contributed by atoms with Gasteiger partial charge >= 0.3 is 0 Å². The van der Waals surface area contributed by atoms with Crippen LogP contribution in [0.5, 0.6) is 0 Å². The van der Waals surface area contributed by atoms with Crippen molar-refractivity contribution < 1.29 is 14.3 Å². The number of nitrogens with zero attached hydrogens (tertiary/aromatic N) is 2. The van der Waals surface area contributed by atoms with E-state index in [2.05, 4.69) is 31.5 Å². The molecule has 0 saturated carbocycles. The van der Waals surface area contributed by atoms with E-state index < -0.39 is 11.8 Å². The van der Waals surface area contributed by atoms with Gasteiger partial charge in [0, 0.05) is 24.5 Å². The number of anilines is 1. The molecule has 0 radical (unpaired) electrons. The Morgan fingerprint density at radius 1 is 1.10 bits per heavy atom. The highest BCUT2D eigenvalue weighted by molar-refractivity contribution is 7.80. The average Bonchev–Trinajstić information content (AvgIpc) is 2.67. The molecule has 10 heteroatoms. The minimum absolute atomic E-state index is 0.000397. The molecule has 0 atom stereocenters. The highest BCUT2D eigenvalue weighted by Crippen LogP contribution is 2.05. The fourth-order valence-corrected chi connectivity index (χ4v) is 2.34. The van der Waals surface area contributed by atoms with Gasteiger partial charge in [-0.05, 0) is 37.7 Å². The monoisotopic (exact) mass is 414 g/mol. The second-order valence-corrected chi connectivity index (χ2v) is 6.37. The van der Waals surface area contributed by atoms with E-state index in [4.69, 9.17) is 17.0 Å². The Hall–Kier alpha value is -3.53. The highest BCUT2D eigenvalue weighted by Gasteiger charge is 2.13. The minimum Gasteiger partial charge on any atom is -0.466 e. The molecule has 1 heterocycles. The number of aromatic nitrogens is 2. The Morgan fingerprint density at radius 2 is 1.76 bits per heavy atom. The number of ether oxygens (including phenoxy) is 1. The molecule has 0 aliphatic heterocycles. The first-order valence-corrected chi connectivity index (χ1v) is 9.08. The molecule has 2 amide bonds. The zero-order valence-electron chi connectivity index (χ0n) is 16.3. The van der Waals surface area contributed by atoms with Gasteiger partial charge in [0.2, 0.25) is 11.9 Å². The van der Waals surface area contributed by atoms with Crippen LogP contribution in [0.3, 0.4) is 0 Å².